The Morgan fingerprint density at radius 2 is 1.68 bits per heavy atom. The fraction of sp³-hybridized carbons (Fsp3) is 0.647. The molecule has 2 nitrogen and oxygen atoms in total. The molecule has 0 bridgehead atoms. The number of hydrogen-bond acceptors (Lipinski definition) is 2. The third-order valence-corrected chi connectivity index (χ3v) is 4.63. The molecule has 1 aromatic rings. The van der Waals surface area contributed by atoms with E-state index in [4.69, 9.17) is 0 Å². The van der Waals surface area contributed by atoms with E-state index in [0.717, 1.165) is 0 Å². The van der Waals surface area contributed by atoms with Gasteiger partial charge in [-0.1, -0.05) is 13.0 Å². The van der Waals surface area contributed by atoms with E-state index in [1.165, 1.54) is 55.7 Å². The Hall–Kier alpha value is -1.02. The molecule has 0 unspecified atom stereocenters. The van der Waals surface area contributed by atoms with Crippen molar-refractivity contribution in [2.45, 2.75) is 40.0 Å². The average molecular weight is 260 g/mol. The molecular formula is C17H28N2. The third kappa shape index (κ3) is 3.50. The zero-order valence-corrected chi connectivity index (χ0v) is 12.9. The van der Waals surface area contributed by atoms with Crippen molar-refractivity contribution in [2.75, 3.05) is 31.6 Å². The first-order valence-corrected chi connectivity index (χ1v) is 7.55. The van der Waals surface area contributed by atoms with Crippen LogP contribution in [0.5, 0.6) is 0 Å². The van der Waals surface area contributed by atoms with Gasteiger partial charge in [-0.3, -0.25) is 0 Å². The van der Waals surface area contributed by atoms with Gasteiger partial charge in [0.1, 0.15) is 0 Å². The van der Waals surface area contributed by atoms with E-state index in [1.807, 2.05) is 0 Å². The van der Waals surface area contributed by atoms with Crippen LogP contribution in [0.15, 0.2) is 18.2 Å². The highest BCUT2D eigenvalue weighted by molar-refractivity contribution is 5.50. The lowest BCUT2D eigenvalue weighted by Crippen LogP contribution is -2.43. The van der Waals surface area contributed by atoms with Gasteiger partial charge in [0.05, 0.1) is 0 Å². The summed E-state index contributed by atoms with van der Waals surface area (Å²) in [5, 5.41) is 3.49. The minimum atomic E-state index is 0.498. The molecule has 1 aliphatic heterocycles. The number of aryl methyl sites for hydroxylation is 2. The Morgan fingerprint density at radius 1 is 1.11 bits per heavy atom. The van der Waals surface area contributed by atoms with Crippen molar-refractivity contribution < 1.29 is 0 Å². The quantitative estimate of drug-likeness (QED) is 0.891. The molecule has 0 aromatic heterocycles. The number of piperidine rings is 1. The summed E-state index contributed by atoms with van der Waals surface area (Å²) in [6.45, 7) is 10.2. The van der Waals surface area contributed by atoms with Gasteiger partial charge in [-0.2, -0.15) is 0 Å². The maximum absolute atomic E-state index is 3.49. The first-order chi connectivity index (χ1) is 9.04. The maximum Gasteiger partial charge on any atom is 0.0369 e. The van der Waals surface area contributed by atoms with Gasteiger partial charge >= 0.3 is 0 Å². The molecule has 1 N–H and O–H groups in total. The van der Waals surface area contributed by atoms with E-state index in [2.05, 4.69) is 56.2 Å². The first-order valence-electron chi connectivity index (χ1n) is 7.55. The van der Waals surface area contributed by atoms with Gasteiger partial charge in [0.2, 0.25) is 0 Å². The van der Waals surface area contributed by atoms with E-state index in [9.17, 15) is 0 Å². The topological polar surface area (TPSA) is 15.3 Å². The standard InChI is InChI=1S/C17H28N2/c1-5-17(6-8-18-9-7-17)13-19(4)16-11-14(2)10-15(3)12-16/h10-12,18H,5-9,13H2,1-4H3. The highest BCUT2D eigenvalue weighted by Gasteiger charge is 2.31. The monoisotopic (exact) mass is 260 g/mol. The molecule has 0 aliphatic carbocycles. The molecule has 19 heavy (non-hydrogen) atoms. The minimum absolute atomic E-state index is 0.498. The van der Waals surface area contributed by atoms with Gasteiger partial charge in [0.25, 0.3) is 0 Å². The van der Waals surface area contributed by atoms with Crippen LogP contribution in [0.4, 0.5) is 5.69 Å². The summed E-state index contributed by atoms with van der Waals surface area (Å²) in [6.07, 6.45) is 3.89. The fourth-order valence-electron chi connectivity index (χ4n) is 3.35. The number of anilines is 1. The Morgan fingerprint density at radius 3 is 2.21 bits per heavy atom. The summed E-state index contributed by atoms with van der Waals surface area (Å²) in [5.74, 6) is 0. The summed E-state index contributed by atoms with van der Waals surface area (Å²) >= 11 is 0. The van der Waals surface area contributed by atoms with Crippen molar-refractivity contribution in [3.05, 3.63) is 29.3 Å². The van der Waals surface area contributed by atoms with Crippen molar-refractivity contribution in [3.8, 4) is 0 Å². The van der Waals surface area contributed by atoms with Gasteiger partial charge in [-0.15, -0.1) is 0 Å². The lowest BCUT2D eigenvalue weighted by Gasteiger charge is -2.40. The van der Waals surface area contributed by atoms with E-state index in [1.54, 1.807) is 0 Å². The highest BCUT2D eigenvalue weighted by atomic mass is 15.1. The van der Waals surface area contributed by atoms with Crippen LogP contribution in [-0.4, -0.2) is 26.7 Å². The molecule has 0 saturated carbocycles. The van der Waals surface area contributed by atoms with Gasteiger partial charge in [0, 0.05) is 19.3 Å². The number of benzene rings is 1. The van der Waals surface area contributed by atoms with Gasteiger partial charge in [-0.25, -0.2) is 0 Å². The molecule has 0 amide bonds. The summed E-state index contributed by atoms with van der Waals surface area (Å²) < 4.78 is 0. The van der Waals surface area contributed by atoms with Gasteiger partial charge in [-0.05, 0) is 74.9 Å². The Kier molecular flexibility index (Phi) is 4.51. The summed E-state index contributed by atoms with van der Waals surface area (Å²) in [6, 6.07) is 6.85. The molecule has 2 heteroatoms. The highest BCUT2D eigenvalue weighted by Crippen LogP contribution is 2.34. The first kappa shape index (κ1) is 14.4. The molecule has 0 radical (unpaired) electrons. The molecule has 0 atom stereocenters. The van der Waals surface area contributed by atoms with E-state index >= 15 is 0 Å². The molecule has 1 aliphatic rings. The van der Waals surface area contributed by atoms with Crippen LogP contribution < -0.4 is 10.2 Å². The number of nitrogens with zero attached hydrogens (tertiary/aromatic N) is 1. The second kappa shape index (κ2) is 5.96. The number of nitrogens with one attached hydrogen (secondary N) is 1. The molecule has 1 fully saturated rings. The maximum atomic E-state index is 3.49. The summed E-state index contributed by atoms with van der Waals surface area (Å²) in [7, 11) is 2.24. The van der Waals surface area contributed by atoms with Crippen LogP contribution in [0.1, 0.15) is 37.3 Å². The van der Waals surface area contributed by atoms with Crippen molar-refractivity contribution in [1.82, 2.24) is 5.32 Å². The summed E-state index contributed by atoms with van der Waals surface area (Å²) in [4.78, 5) is 2.45. The Balaban J connectivity index is 2.12. The molecule has 1 heterocycles. The average Bonchev–Trinajstić information content (AvgIpc) is 2.38. The molecule has 2 rings (SSSR count). The minimum Gasteiger partial charge on any atom is -0.374 e. The van der Waals surface area contributed by atoms with Crippen molar-refractivity contribution in [2.24, 2.45) is 5.41 Å². The van der Waals surface area contributed by atoms with E-state index in [0.29, 0.717) is 5.41 Å². The van der Waals surface area contributed by atoms with Crippen LogP contribution in [0.2, 0.25) is 0 Å². The lowest BCUT2D eigenvalue weighted by atomic mass is 9.76. The van der Waals surface area contributed by atoms with Crippen LogP contribution in [0, 0.1) is 19.3 Å². The van der Waals surface area contributed by atoms with Crippen LogP contribution in [0.3, 0.4) is 0 Å². The SMILES string of the molecule is CCC1(CN(C)c2cc(C)cc(C)c2)CCNCC1. The fourth-order valence-corrected chi connectivity index (χ4v) is 3.35. The van der Waals surface area contributed by atoms with Crippen LogP contribution >= 0.6 is 0 Å². The molecular weight excluding hydrogens is 232 g/mol. The van der Waals surface area contributed by atoms with Gasteiger partial charge in [0.15, 0.2) is 0 Å². The predicted octanol–water partition coefficient (Wildman–Crippen LogP) is 3.52. The molecule has 1 aromatic carbocycles. The normalized spacial score (nSPS) is 18.3. The second-order valence-electron chi connectivity index (χ2n) is 6.31. The largest absolute Gasteiger partial charge is 0.374 e. The van der Waals surface area contributed by atoms with Crippen LogP contribution in [-0.2, 0) is 0 Å². The zero-order chi connectivity index (χ0) is 13.9. The second-order valence-corrected chi connectivity index (χ2v) is 6.31. The Labute approximate surface area is 118 Å². The third-order valence-electron chi connectivity index (χ3n) is 4.63. The van der Waals surface area contributed by atoms with E-state index in [-0.39, 0.29) is 0 Å². The number of hydrogen-bond donors (Lipinski definition) is 1. The van der Waals surface area contributed by atoms with Crippen molar-refractivity contribution in [1.29, 1.82) is 0 Å². The Bertz CT molecular complexity index is 399. The van der Waals surface area contributed by atoms with Crippen molar-refractivity contribution in [3.63, 3.8) is 0 Å². The predicted molar refractivity (Wildman–Crippen MR) is 84.0 cm³/mol. The van der Waals surface area contributed by atoms with Crippen LogP contribution in [0.25, 0.3) is 0 Å². The smallest absolute Gasteiger partial charge is 0.0369 e. The zero-order valence-electron chi connectivity index (χ0n) is 12.9. The molecule has 106 valence electrons. The molecule has 1 saturated heterocycles. The number of rotatable bonds is 4. The summed E-state index contributed by atoms with van der Waals surface area (Å²) in [5.41, 5.74) is 4.58. The lowest BCUT2D eigenvalue weighted by molar-refractivity contribution is 0.200. The van der Waals surface area contributed by atoms with Gasteiger partial charge < -0.3 is 10.2 Å². The van der Waals surface area contributed by atoms with E-state index < -0.39 is 0 Å². The van der Waals surface area contributed by atoms with Crippen molar-refractivity contribution >= 4 is 5.69 Å². The molecule has 0 spiro atoms.